The van der Waals surface area contributed by atoms with E-state index in [0.717, 1.165) is 6.07 Å². The van der Waals surface area contributed by atoms with Gasteiger partial charge in [-0.05, 0) is 48.6 Å². The number of carbonyl (C=O) groups is 2. The molecule has 0 heterocycles. The first kappa shape index (κ1) is 20.3. The second-order valence-corrected chi connectivity index (χ2v) is 6.13. The highest BCUT2D eigenvalue weighted by Crippen LogP contribution is 2.25. The van der Waals surface area contributed by atoms with Crippen LogP contribution in [0.5, 0.6) is 0 Å². The van der Waals surface area contributed by atoms with E-state index in [2.05, 4.69) is 16.0 Å². The summed E-state index contributed by atoms with van der Waals surface area (Å²) in [5.74, 6) is -0.713. The van der Waals surface area contributed by atoms with Crippen molar-refractivity contribution in [2.45, 2.75) is 13.3 Å². The molecule has 0 bridgehead atoms. The number of hydrogen-bond donors (Lipinski definition) is 3. The lowest BCUT2D eigenvalue weighted by molar-refractivity contribution is -0.384. The summed E-state index contributed by atoms with van der Waals surface area (Å²) in [7, 11) is 0. The van der Waals surface area contributed by atoms with Crippen molar-refractivity contribution in [3.8, 4) is 0 Å². The van der Waals surface area contributed by atoms with Crippen molar-refractivity contribution in [1.82, 2.24) is 5.32 Å². The first-order chi connectivity index (χ1) is 12.8. The molecule has 0 atom stereocenters. The minimum Gasteiger partial charge on any atom is -0.332 e. The van der Waals surface area contributed by atoms with E-state index in [9.17, 15) is 19.7 Å². The molecular weight excluding hydrogens is 392 g/mol. The van der Waals surface area contributed by atoms with Gasteiger partial charge in [-0.3, -0.25) is 19.7 Å². The fourth-order valence-electron chi connectivity index (χ4n) is 2.01. The molecule has 8 nitrogen and oxygen atoms in total. The smallest absolute Gasteiger partial charge is 0.288 e. The molecule has 140 valence electrons. The minimum absolute atomic E-state index is 0.0434. The first-order valence-electron chi connectivity index (χ1n) is 7.76. The van der Waals surface area contributed by atoms with Crippen molar-refractivity contribution in [2.75, 3.05) is 10.6 Å². The highest BCUT2D eigenvalue weighted by molar-refractivity contribution is 7.80. The minimum atomic E-state index is -0.653. The fourth-order valence-corrected chi connectivity index (χ4v) is 2.43. The maximum atomic E-state index is 12.3. The Morgan fingerprint density at radius 1 is 1.11 bits per heavy atom. The Hall–Kier alpha value is -3.04. The van der Waals surface area contributed by atoms with Crippen molar-refractivity contribution < 1.29 is 14.5 Å². The molecule has 0 radical (unpaired) electrons. The molecule has 0 unspecified atom stereocenters. The molecule has 0 aliphatic rings. The number of anilines is 2. The second kappa shape index (κ2) is 9.06. The number of hydrogen-bond acceptors (Lipinski definition) is 5. The van der Waals surface area contributed by atoms with Crippen LogP contribution in [0.4, 0.5) is 17.1 Å². The van der Waals surface area contributed by atoms with Crippen molar-refractivity contribution in [3.63, 3.8) is 0 Å². The van der Waals surface area contributed by atoms with Crippen molar-refractivity contribution in [1.29, 1.82) is 0 Å². The zero-order chi connectivity index (χ0) is 20.0. The van der Waals surface area contributed by atoms with Gasteiger partial charge in [0.1, 0.15) is 5.02 Å². The van der Waals surface area contributed by atoms with Gasteiger partial charge in [0.05, 0.1) is 4.92 Å². The molecule has 0 aliphatic heterocycles. The molecule has 0 fully saturated rings. The van der Waals surface area contributed by atoms with Crippen molar-refractivity contribution in [3.05, 3.63) is 63.2 Å². The molecule has 0 saturated carbocycles. The van der Waals surface area contributed by atoms with E-state index in [1.54, 1.807) is 31.2 Å². The van der Waals surface area contributed by atoms with E-state index in [0.29, 0.717) is 17.8 Å². The highest BCUT2D eigenvalue weighted by atomic mass is 35.5. The van der Waals surface area contributed by atoms with Crippen LogP contribution in [0.1, 0.15) is 23.7 Å². The average molecular weight is 407 g/mol. The van der Waals surface area contributed by atoms with Gasteiger partial charge in [0.2, 0.25) is 5.91 Å². The van der Waals surface area contributed by atoms with Gasteiger partial charge in [-0.1, -0.05) is 18.5 Å². The van der Waals surface area contributed by atoms with Gasteiger partial charge >= 0.3 is 0 Å². The fraction of sp³-hybridized carbons (Fsp3) is 0.118. The maximum Gasteiger partial charge on any atom is 0.288 e. The van der Waals surface area contributed by atoms with Crippen molar-refractivity contribution >= 4 is 57.8 Å². The molecule has 10 heteroatoms. The number of nitrogens with one attached hydrogen (secondary N) is 3. The Morgan fingerprint density at radius 3 is 2.26 bits per heavy atom. The molecule has 2 aromatic carbocycles. The Labute approximate surface area is 165 Å². The molecule has 0 aliphatic carbocycles. The number of amides is 2. The topological polar surface area (TPSA) is 113 Å². The predicted octanol–water partition coefficient (Wildman–Crippen LogP) is 3.72. The molecule has 0 saturated heterocycles. The summed E-state index contributed by atoms with van der Waals surface area (Å²) in [6.45, 7) is 1.71. The second-order valence-electron chi connectivity index (χ2n) is 5.31. The number of carbonyl (C=O) groups excluding carboxylic acids is 2. The van der Waals surface area contributed by atoms with E-state index >= 15 is 0 Å². The lowest BCUT2D eigenvalue weighted by Gasteiger charge is -2.10. The average Bonchev–Trinajstić information content (AvgIpc) is 2.63. The van der Waals surface area contributed by atoms with Crippen LogP contribution in [-0.4, -0.2) is 21.9 Å². The summed E-state index contributed by atoms with van der Waals surface area (Å²) in [4.78, 5) is 33.8. The zero-order valence-corrected chi connectivity index (χ0v) is 15.7. The Kier molecular flexibility index (Phi) is 6.80. The maximum absolute atomic E-state index is 12.3. The molecule has 2 aromatic rings. The van der Waals surface area contributed by atoms with Gasteiger partial charge in [0.25, 0.3) is 11.6 Å². The third-order valence-electron chi connectivity index (χ3n) is 3.38. The van der Waals surface area contributed by atoms with Crippen LogP contribution in [0, 0.1) is 10.1 Å². The number of benzene rings is 2. The largest absolute Gasteiger partial charge is 0.332 e. The number of halogens is 1. The molecule has 27 heavy (non-hydrogen) atoms. The van der Waals surface area contributed by atoms with Gasteiger partial charge in [-0.15, -0.1) is 0 Å². The van der Waals surface area contributed by atoms with E-state index in [1.807, 2.05) is 0 Å². The summed E-state index contributed by atoms with van der Waals surface area (Å²) in [5.41, 5.74) is 0.867. The van der Waals surface area contributed by atoms with Gasteiger partial charge in [-0.2, -0.15) is 0 Å². The van der Waals surface area contributed by atoms with Crippen LogP contribution in [0.25, 0.3) is 0 Å². The van der Waals surface area contributed by atoms with Crippen LogP contribution in [0.3, 0.4) is 0 Å². The van der Waals surface area contributed by atoms with Gasteiger partial charge in [-0.25, -0.2) is 0 Å². The standard InChI is InChI=1S/C17H15ClN4O4S/c1-2-15(23)21-17(27)20-12-6-4-11(5-7-12)19-16(24)10-3-8-13(18)14(9-10)22(25)26/h3-9H,2H2,1H3,(H,19,24)(H2,20,21,23,27). The summed E-state index contributed by atoms with van der Waals surface area (Å²) in [5, 5.41) is 19.0. The van der Waals surface area contributed by atoms with Gasteiger partial charge in [0, 0.05) is 29.4 Å². The predicted molar refractivity (Wildman–Crippen MR) is 107 cm³/mol. The summed E-state index contributed by atoms with van der Waals surface area (Å²) < 4.78 is 0. The van der Waals surface area contributed by atoms with E-state index in [4.69, 9.17) is 23.8 Å². The quantitative estimate of drug-likeness (QED) is 0.396. The zero-order valence-electron chi connectivity index (χ0n) is 14.1. The normalized spacial score (nSPS) is 10.0. The third-order valence-corrected chi connectivity index (χ3v) is 3.90. The Bertz CT molecular complexity index is 902. The SMILES string of the molecule is CCC(=O)NC(=S)Nc1ccc(NC(=O)c2ccc(Cl)c([N+](=O)[O-])c2)cc1. The molecule has 0 aromatic heterocycles. The molecule has 0 spiro atoms. The molecular formula is C17H15ClN4O4S. The van der Waals surface area contributed by atoms with Crippen molar-refractivity contribution in [2.24, 2.45) is 0 Å². The van der Waals surface area contributed by atoms with Gasteiger partial charge < -0.3 is 16.0 Å². The number of nitro benzene ring substituents is 1. The molecule has 2 rings (SSSR count). The Morgan fingerprint density at radius 2 is 1.70 bits per heavy atom. The number of nitrogens with zero attached hydrogens (tertiary/aromatic N) is 1. The van der Waals surface area contributed by atoms with E-state index in [-0.39, 0.29) is 27.3 Å². The van der Waals surface area contributed by atoms with E-state index in [1.165, 1.54) is 12.1 Å². The first-order valence-corrected chi connectivity index (χ1v) is 8.55. The number of thiocarbonyl (C=S) groups is 1. The molecule has 3 N–H and O–H groups in total. The summed E-state index contributed by atoms with van der Waals surface area (Å²) in [6, 6.07) is 10.4. The van der Waals surface area contributed by atoms with Crippen LogP contribution < -0.4 is 16.0 Å². The van der Waals surface area contributed by atoms with E-state index < -0.39 is 10.8 Å². The Balaban J connectivity index is 2.03. The lowest BCUT2D eigenvalue weighted by atomic mass is 10.2. The van der Waals surface area contributed by atoms with Crippen LogP contribution in [0.15, 0.2) is 42.5 Å². The van der Waals surface area contributed by atoms with Gasteiger partial charge in [0.15, 0.2) is 5.11 Å². The van der Waals surface area contributed by atoms with Crippen LogP contribution >= 0.6 is 23.8 Å². The summed E-state index contributed by atoms with van der Waals surface area (Å²) in [6.07, 6.45) is 0.315. The third kappa shape index (κ3) is 5.73. The highest BCUT2D eigenvalue weighted by Gasteiger charge is 2.16. The van der Waals surface area contributed by atoms with Crippen LogP contribution in [-0.2, 0) is 4.79 Å². The molecule has 2 amide bonds. The van der Waals surface area contributed by atoms with Crippen LogP contribution in [0.2, 0.25) is 5.02 Å². The summed E-state index contributed by atoms with van der Waals surface area (Å²) >= 11 is 10.7. The monoisotopic (exact) mass is 406 g/mol. The number of nitro groups is 1. The number of rotatable bonds is 5. The lowest BCUT2D eigenvalue weighted by Crippen LogP contribution is -2.33.